The third-order valence-corrected chi connectivity index (χ3v) is 0.843. The number of esters is 1. The van der Waals surface area contributed by atoms with Crippen LogP contribution in [0.2, 0.25) is 0 Å². The lowest BCUT2D eigenvalue weighted by atomic mass is 10.4. The first kappa shape index (κ1) is 9.44. The Morgan fingerprint density at radius 1 is 1.82 bits per heavy atom. The summed E-state index contributed by atoms with van der Waals surface area (Å²) in [6, 6.07) is 1.77. The Morgan fingerprint density at radius 2 is 2.45 bits per heavy atom. The van der Waals surface area contributed by atoms with Gasteiger partial charge in [-0.3, -0.25) is 0 Å². The number of hydrogen-bond acceptors (Lipinski definition) is 3. The van der Waals surface area contributed by atoms with E-state index in [2.05, 4.69) is 11.3 Å². The van der Waals surface area contributed by atoms with Gasteiger partial charge >= 0.3 is 5.97 Å². The Labute approximate surface area is 65.6 Å². The highest BCUT2D eigenvalue weighted by molar-refractivity contribution is 5.82. The van der Waals surface area contributed by atoms with E-state index in [0.717, 1.165) is 0 Å². The molecule has 0 aromatic carbocycles. The molecule has 0 amide bonds. The molecule has 3 heteroatoms. The molecule has 0 saturated heterocycles. The Kier molecular flexibility index (Phi) is 4.50. The van der Waals surface area contributed by atoms with Crippen LogP contribution in [0, 0.1) is 11.3 Å². The van der Waals surface area contributed by atoms with Crippen LogP contribution >= 0.6 is 0 Å². The summed E-state index contributed by atoms with van der Waals surface area (Å²) in [7, 11) is 0. The molecule has 58 valence electrons. The highest BCUT2D eigenvalue weighted by Gasteiger charge is 2.02. The lowest BCUT2D eigenvalue weighted by Gasteiger charge is -2.00. The van der Waals surface area contributed by atoms with E-state index in [1.54, 1.807) is 6.07 Å². The first-order valence-corrected chi connectivity index (χ1v) is 3.10. The molecule has 0 spiro atoms. The van der Waals surface area contributed by atoms with Crippen LogP contribution in [0.25, 0.3) is 0 Å². The summed E-state index contributed by atoms with van der Waals surface area (Å²) in [6.45, 7) is 4.87. The molecule has 0 aliphatic rings. The highest BCUT2D eigenvalue weighted by atomic mass is 16.5. The number of hydrogen-bond donors (Lipinski definition) is 0. The molecule has 11 heavy (non-hydrogen) atoms. The number of nitrogens with zero attached hydrogens (tertiary/aromatic N) is 1. The van der Waals surface area contributed by atoms with Crippen molar-refractivity contribution < 1.29 is 9.53 Å². The lowest BCUT2D eigenvalue weighted by molar-refractivity contribution is -0.139. The van der Waals surface area contributed by atoms with E-state index in [0.29, 0.717) is 0 Å². The van der Waals surface area contributed by atoms with E-state index in [1.165, 1.54) is 25.2 Å². The molecule has 0 aromatic rings. The molecule has 0 saturated carbocycles. The minimum Gasteiger partial charge on any atom is -0.444 e. The number of carbonyl (C=O) groups is 1. The largest absolute Gasteiger partial charge is 0.444 e. The smallest absolute Gasteiger partial charge is 0.332 e. The summed E-state index contributed by atoms with van der Waals surface area (Å²) in [5.74, 6) is -0.529. The minimum absolute atomic E-state index is 0.529. The number of carbonyl (C=O) groups excluding carboxylic acids is 1. The molecule has 0 fully saturated rings. The highest BCUT2D eigenvalue weighted by Crippen LogP contribution is 1.89. The Balaban J connectivity index is 3.80. The van der Waals surface area contributed by atoms with Gasteiger partial charge in [0.1, 0.15) is 6.07 Å². The minimum atomic E-state index is -0.697. The third-order valence-electron chi connectivity index (χ3n) is 0.843. The Bertz CT molecular complexity index is 213. The van der Waals surface area contributed by atoms with E-state index in [1.807, 2.05) is 0 Å². The standard InChI is InChI=1S/C8H9NO2/c1-3-4-5-8(10)11-7(2)6-9/h3-5,7H,1H2,2H3/b5-4+. The normalized spacial score (nSPS) is 12.0. The summed E-state index contributed by atoms with van der Waals surface area (Å²) in [5, 5.41) is 8.24. The molecule has 0 bridgehead atoms. The van der Waals surface area contributed by atoms with E-state index in [9.17, 15) is 4.79 Å². The van der Waals surface area contributed by atoms with E-state index in [4.69, 9.17) is 5.26 Å². The summed E-state index contributed by atoms with van der Waals surface area (Å²) in [6.07, 6.45) is 3.42. The van der Waals surface area contributed by atoms with Crippen molar-refractivity contribution in [3.05, 3.63) is 24.8 Å². The molecule has 0 aromatic heterocycles. The predicted octanol–water partition coefficient (Wildman–Crippen LogP) is 1.18. The molecule has 3 nitrogen and oxygen atoms in total. The van der Waals surface area contributed by atoms with Crippen molar-refractivity contribution in [2.75, 3.05) is 0 Å². The molecule has 0 aliphatic heterocycles. The topological polar surface area (TPSA) is 50.1 Å². The summed E-state index contributed by atoms with van der Waals surface area (Å²) < 4.78 is 4.57. The fraction of sp³-hybridized carbons (Fsp3) is 0.250. The molecule has 1 atom stereocenters. The third kappa shape index (κ3) is 4.91. The van der Waals surface area contributed by atoms with Crippen molar-refractivity contribution >= 4 is 5.97 Å². The number of allylic oxidation sites excluding steroid dienone is 2. The van der Waals surface area contributed by atoms with Crippen LogP contribution < -0.4 is 0 Å². The fourth-order valence-corrected chi connectivity index (χ4v) is 0.386. The van der Waals surface area contributed by atoms with Gasteiger partial charge in [-0.2, -0.15) is 5.26 Å². The predicted molar refractivity (Wildman–Crippen MR) is 40.5 cm³/mol. The van der Waals surface area contributed by atoms with Gasteiger partial charge in [-0.25, -0.2) is 4.79 Å². The van der Waals surface area contributed by atoms with Crippen LogP contribution in [0.1, 0.15) is 6.92 Å². The van der Waals surface area contributed by atoms with Crippen molar-refractivity contribution in [1.82, 2.24) is 0 Å². The first-order chi connectivity index (χ1) is 5.20. The number of ether oxygens (including phenoxy) is 1. The molecule has 0 heterocycles. The van der Waals surface area contributed by atoms with Crippen LogP contribution in [0.4, 0.5) is 0 Å². The number of rotatable bonds is 3. The van der Waals surface area contributed by atoms with Gasteiger partial charge < -0.3 is 4.74 Å². The van der Waals surface area contributed by atoms with Crippen LogP contribution in [-0.4, -0.2) is 12.1 Å². The summed E-state index contributed by atoms with van der Waals surface area (Å²) >= 11 is 0. The van der Waals surface area contributed by atoms with Crippen LogP contribution in [0.5, 0.6) is 0 Å². The van der Waals surface area contributed by atoms with Crippen LogP contribution in [0.15, 0.2) is 24.8 Å². The van der Waals surface area contributed by atoms with Crippen molar-refractivity contribution in [2.24, 2.45) is 0 Å². The molecule has 0 rings (SSSR count). The quantitative estimate of drug-likeness (QED) is 0.346. The van der Waals surface area contributed by atoms with Gasteiger partial charge in [0.05, 0.1) is 0 Å². The lowest BCUT2D eigenvalue weighted by Crippen LogP contribution is -2.09. The van der Waals surface area contributed by atoms with Crippen molar-refractivity contribution in [1.29, 1.82) is 5.26 Å². The molecule has 0 N–H and O–H groups in total. The van der Waals surface area contributed by atoms with E-state index in [-0.39, 0.29) is 0 Å². The Morgan fingerprint density at radius 3 is 2.91 bits per heavy atom. The van der Waals surface area contributed by atoms with E-state index < -0.39 is 12.1 Å². The second kappa shape index (κ2) is 5.24. The van der Waals surface area contributed by atoms with Crippen molar-refractivity contribution in [3.63, 3.8) is 0 Å². The summed E-state index contributed by atoms with van der Waals surface area (Å²) in [4.78, 5) is 10.7. The molecule has 1 unspecified atom stereocenters. The SMILES string of the molecule is C=C/C=C/C(=O)OC(C)C#N. The maximum Gasteiger partial charge on any atom is 0.332 e. The van der Waals surface area contributed by atoms with Gasteiger partial charge in [0.15, 0.2) is 6.10 Å². The second-order valence-corrected chi connectivity index (χ2v) is 1.80. The average Bonchev–Trinajstić information content (AvgIpc) is 2.00. The number of nitriles is 1. The zero-order valence-corrected chi connectivity index (χ0v) is 6.28. The van der Waals surface area contributed by atoms with Gasteiger partial charge in [-0.1, -0.05) is 18.7 Å². The van der Waals surface area contributed by atoms with Gasteiger partial charge in [0.25, 0.3) is 0 Å². The van der Waals surface area contributed by atoms with Crippen molar-refractivity contribution in [2.45, 2.75) is 13.0 Å². The van der Waals surface area contributed by atoms with Crippen LogP contribution in [0.3, 0.4) is 0 Å². The maximum absolute atomic E-state index is 10.7. The van der Waals surface area contributed by atoms with Gasteiger partial charge in [-0.05, 0) is 6.92 Å². The zero-order valence-electron chi connectivity index (χ0n) is 6.28. The van der Waals surface area contributed by atoms with Crippen molar-refractivity contribution in [3.8, 4) is 6.07 Å². The average molecular weight is 151 g/mol. The van der Waals surface area contributed by atoms with Gasteiger partial charge in [-0.15, -0.1) is 0 Å². The second-order valence-electron chi connectivity index (χ2n) is 1.80. The summed E-state index contributed by atoms with van der Waals surface area (Å²) in [5.41, 5.74) is 0. The molecular weight excluding hydrogens is 142 g/mol. The fourth-order valence-electron chi connectivity index (χ4n) is 0.386. The first-order valence-electron chi connectivity index (χ1n) is 3.10. The molecule has 0 radical (unpaired) electrons. The zero-order chi connectivity index (χ0) is 8.69. The van der Waals surface area contributed by atoms with Crippen LogP contribution in [-0.2, 0) is 9.53 Å². The van der Waals surface area contributed by atoms with Gasteiger partial charge in [0.2, 0.25) is 0 Å². The van der Waals surface area contributed by atoms with Gasteiger partial charge in [0, 0.05) is 6.08 Å². The Hall–Kier alpha value is -1.56. The molecular formula is C8H9NO2. The molecule has 0 aliphatic carbocycles. The maximum atomic E-state index is 10.7. The monoisotopic (exact) mass is 151 g/mol. The van der Waals surface area contributed by atoms with E-state index >= 15 is 0 Å².